The van der Waals surface area contributed by atoms with Gasteiger partial charge in [-0.2, -0.15) is 0 Å². The lowest BCUT2D eigenvalue weighted by molar-refractivity contribution is -0.119. The molecule has 112 valence electrons. The van der Waals surface area contributed by atoms with Crippen molar-refractivity contribution in [1.29, 1.82) is 0 Å². The van der Waals surface area contributed by atoms with Crippen molar-refractivity contribution < 1.29 is 13.2 Å². The number of hydrogen-bond acceptors (Lipinski definition) is 4. The molecule has 0 aliphatic carbocycles. The molecule has 0 saturated carbocycles. The maximum absolute atomic E-state index is 12.2. The second kappa shape index (κ2) is 6.95. The van der Waals surface area contributed by atoms with Crippen molar-refractivity contribution in [2.75, 3.05) is 11.5 Å². The summed E-state index contributed by atoms with van der Waals surface area (Å²) >= 11 is 5.86. The van der Waals surface area contributed by atoms with Crippen LogP contribution >= 0.6 is 11.6 Å². The van der Waals surface area contributed by atoms with Gasteiger partial charge in [0.2, 0.25) is 5.91 Å². The first-order valence-corrected chi connectivity index (χ1v) is 8.37. The Kier molecular flexibility index (Phi) is 5.83. The summed E-state index contributed by atoms with van der Waals surface area (Å²) in [5, 5.41) is 2.67. The smallest absolute Gasteiger partial charge is 0.235 e. The summed E-state index contributed by atoms with van der Waals surface area (Å²) in [5.74, 6) is -1.21. The number of halogens is 1. The Morgan fingerprint density at radius 1 is 1.45 bits per heavy atom. The van der Waals surface area contributed by atoms with Gasteiger partial charge in [0.15, 0.2) is 9.84 Å². The van der Waals surface area contributed by atoms with E-state index < -0.39 is 21.5 Å². The highest BCUT2D eigenvalue weighted by molar-refractivity contribution is 7.92. The number of hydrogen-bond donors (Lipinski definition) is 2. The molecule has 3 N–H and O–H groups in total. The van der Waals surface area contributed by atoms with E-state index in [0.717, 1.165) is 12.8 Å². The van der Waals surface area contributed by atoms with Gasteiger partial charge in [-0.05, 0) is 25.5 Å². The maximum Gasteiger partial charge on any atom is 0.235 e. The average Bonchev–Trinajstić information content (AvgIpc) is 2.26. The number of benzene rings is 1. The summed E-state index contributed by atoms with van der Waals surface area (Å²) in [4.78, 5) is 11.6. The molecule has 7 heteroatoms. The monoisotopic (exact) mass is 318 g/mol. The predicted molar refractivity (Wildman–Crippen MR) is 80.4 cm³/mol. The van der Waals surface area contributed by atoms with Crippen LogP contribution in [0.3, 0.4) is 0 Å². The third-order valence-electron chi connectivity index (χ3n) is 2.76. The van der Waals surface area contributed by atoms with E-state index >= 15 is 0 Å². The van der Waals surface area contributed by atoms with E-state index in [4.69, 9.17) is 17.3 Å². The number of anilines is 1. The van der Waals surface area contributed by atoms with Gasteiger partial charge in [-0.15, -0.1) is 0 Å². The number of sulfone groups is 1. The fourth-order valence-electron chi connectivity index (χ4n) is 1.92. The largest absolute Gasteiger partial charge is 0.398 e. The molecule has 0 bridgehead atoms. The lowest BCUT2D eigenvalue weighted by atomic mass is 10.2. The van der Waals surface area contributed by atoms with Crippen molar-refractivity contribution in [3.05, 3.63) is 23.2 Å². The van der Waals surface area contributed by atoms with Crippen LogP contribution in [-0.4, -0.2) is 26.1 Å². The highest BCUT2D eigenvalue weighted by Crippen LogP contribution is 2.27. The number of carbonyl (C=O) groups excluding carboxylic acids is 1. The van der Waals surface area contributed by atoms with Crippen LogP contribution in [0.1, 0.15) is 26.7 Å². The van der Waals surface area contributed by atoms with Crippen LogP contribution in [-0.2, 0) is 14.6 Å². The topological polar surface area (TPSA) is 89.3 Å². The molecule has 0 aliphatic rings. The first-order chi connectivity index (χ1) is 9.27. The molecular formula is C13H19ClN2O3S. The van der Waals surface area contributed by atoms with Gasteiger partial charge < -0.3 is 11.1 Å². The molecule has 5 nitrogen and oxygen atoms in total. The highest BCUT2D eigenvalue weighted by Gasteiger charge is 2.25. The summed E-state index contributed by atoms with van der Waals surface area (Å²) in [6, 6.07) is 4.37. The third kappa shape index (κ3) is 4.38. The lowest BCUT2D eigenvalue weighted by Crippen LogP contribution is -2.36. The van der Waals surface area contributed by atoms with Crippen LogP contribution in [0.5, 0.6) is 0 Å². The quantitative estimate of drug-likeness (QED) is 0.785. The average molecular weight is 319 g/mol. The summed E-state index contributed by atoms with van der Waals surface area (Å²) in [6.07, 6.45) is 1.70. The fourth-order valence-corrected chi connectivity index (χ4v) is 3.82. The zero-order valence-electron chi connectivity index (χ0n) is 11.5. The molecule has 1 amide bonds. The Morgan fingerprint density at radius 2 is 2.10 bits per heavy atom. The maximum atomic E-state index is 12.2. The molecule has 0 heterocycles. The summed E-state index contributed by atoms with van der Waals surface area (Å²) < 4.78 is 24.4. The number of rotatable bonds is 6. The van der Waals surface area contributed by atoms with E-state index in [1.807, 2.05) is 13.8 Å². The second-order valence-corrected chi connectivity index (χ2v) is 7.01. The van der Waals surface area contributed by atoms with Gasteiger partial charge in [-0.25, -0.2) is 8.42 Å². The van der Waals surface area contributed by atoms with E-state index in [1.54, 1.807) is 6.07 Å². The Labute approximate surface area is 124 Å². The van der Waals surface area contributed by atoms with Crippen LogP contribution in [0.15, 0.2) is 23.1 Å². The van der Waals surface area contributed by atoms with Crippen molar-refractivity contribution >= 4 is 33.0 Å². The van der Waals surface area contributed by atoms with Crippen molar-refractivity contribution in [3.8, 4) is 0 Å². The Balaban J connectivity index is 2.88. The fraction of sp³-hybridized carbons (Fsp3) is 0.462. The van der Waals surface area contributed by atoms with Gasteiger partial charge >= 0.3 is 0 Å². The van der Waals surface area contributed by atoms with Gasteiger partial charge in [-0.1, -0.05) is 31.0 Å². The van der Waals surface area contributed by atoms with E-state index in [9.17, 15) is 13.2 Å². The molecular weight excluding hydrogens is 300 g/mol. The minimum atomic E-state index is -3.85. The number of amides is 1. The number of nitrogens with two attached hydrogens (primary N) is 1. The van der Waals surface area contributed by atoms with Crippen LogP contribution in [0.25, 0.3) is 0 Å². The van der Waals surface area contributed by atoms with Gasteiger partial charge in [0.05, 0.1) is 10.7 Å². The van der Waals surface area contributed by atoms with Gasteiger partial charge in [0.1, 0.15) is 10.6 Å². The molecule has 1 atom stereocenters. The first kappa shape index (κ1) is 16.8. The molecule has 0 spiro atoms. The molecule has 1 unspecified atom stereocenters. The van der Waals surface area contributed by atoms with E-state index in [0.29, 0.717) is 0 Å². The Morgan fingerprint density at radius 3 is 2.65 bits per heavy atom. The minimum absolute atomic E-state index is 0.0272. The van der Waals surface area contributed by atoms with Crippen molar-refractivity contribution in [1.82, 2.24) is 5.32 Å². The number of carbonyl (C=O) groups is 1. The van der Waals surface area contributed by atoms with Crippen molar-refractivity contribution in [3.63, 3.8) is 0 Å². The molecule has 0 saturated heterocycles. The first-order valence-electron chi connectivity index (χ1n) is 6.34. The molecule has 1 rings (SSSR count). The highest BCUT2D eigenvalue weighted by atomic mass is 35.5. The SMILES string of the molecule is CCCC(C)NC(=O)CS(=O)(=O)c1c(N)cccc1Cl. The van der Waals surface area contributed by atoms with Crippen molar-refractivity contribution in [2.24, 2.45) is 0 Å². The third-order valence-corrected chi connectivity index (χ3v) is 4.91. The number of nitrogen functional groups attached to an aromatic ring is 1. The van der Waals surface area contributed by atoms with Gasteiger partial charge in [0.25, 0.3) is 0 Å². The second-order valence-electron chi connectivity index (χ2n) is 4.67. The predicted octanol–water partition coefficient (Wildman–Crippen LogP) is 2.00. The summed E-state index contributed by atoms with van der Waals surface area (Å²) in [5.41, 5.74) is 5.68. The van der Waals surface area contributed by atoms with E-state index in [2.05, 4.69) is 5.32 Å². The molecule has 0 aromatic heterocycles. The summed E-state index contributed by atoms with van der Waals surface area (Å²) in [6.45, 7) is 3.82. The Bertz CT molecular complexity index is 567. The standard InChI is InChI=1S/C13H19ClN2O3S/c1-3-5-9(2)16-12(17)8-20(18,19)13-10(14)6-4-7-11(13)15/h4,6-7,9H,3,5,8,15H2,1-2H3,(H,16,17). The van der Waals surface area contributed by atoms with Gasteiger partial charge in [0, 0.05) is 6.04 Å². The van der Waals surface area contributed by atoms with Crippen LogP contribution in [0.2, 0.25) is 5.02 Å². The van der Waals surface area contributed by atoms with E-state index in [1.165, 1.54) is 12.1 Å². The summed E-state index contributed by atoms with van der Waals surface area (Å²) in [7, 11) is -3.85. The number of nitrogens with one attached hydrogen (secondary N) is 1. The molecule has 1 aromatic carbocycles. The van der Waals surface area contributed by atoms with E-state index in [-0.39, 0.29) is 21.6 Å². The van der Waals surface area contributed by atoms with Gasteiger partial charge in [-0.3, -0.25) is 4.79 Å². The molecule has 1 aromatic rings. The van der Waals surface area contributed by atoms with Crippen LogP contribution < -0.4 is 11.1 Å². The zero-order valence-corrected chi connectivity index (χ0v) is 13.1. The Hall–Kier alpha value is -1.27. The zero-order chi connectivity index (χ0) is 15.3. The normalized spacial score (nSPS) is 12.9. The minimum Gasteiger partial charge on any atom is -0.398 e. The molecule has 0 radical (unpaired) electrons. The molecule has 20 heavy (non-hydrogen) atoms. The molecule has 0 fully saturated rings. The lowest BCUT2D eigenvalue weighted by Gasteiger charge is -2.14. The molecule has 0 aliphatic heterocycles. The van der Waals surface area contributed by atoms with Crippen molar-refractivity contribution in [2.45, 2.75) is 37.6 Å². The van der Waals surface area contributed by atoms with Crippen LogP contribution in [0, 0.1) is 0 Å². The van der Waals surface area contributed by atoms with Crippen LogP contribution in [0.4, 0.5) is 5.69 Å².